The second-order valence-electron chi connectivity index (χ2n) is 5.71. The van der Waals surface area contributed by atoms with Crippen molar-refractivity contribution in [2.45, 2.75) is 6.42 Å². The Morgan fingerprint density at radius 3 is 2.56 bits per heavy atom. The zero-order valence-electron chi connectivity index (χ0n) is 14.9. The van der Waals surface area contributed by atoms with Crippen molar-refractivity contribution in [2.75, 3.05) is 19.5 Å². The molecule has 0 aliphatic rings. The van der Waals surface area contributed by atoms with Gasteiger partial charge in [-0.2, -0.15) is 0 Å². The number of amides is 1. The molecule has 0 aliphatic heterocycles. The summed E-state index contributed by atoms with van der Waals surface area (Å²) in [5.74, 6) is 0.588. The number of anilines is 1. The van der Waals surface area contributed by atoms with Crippen LogP contribution < -0.4 is 10.1 Å². The smallest absolute Gasteiger partial charge is 0.337 e. The Labute approximate surface area is 155 Å². The van der Waals surface area contributed by atoms with Crippen molar-refractivity contribution in [3.8, 4) is 17.1 Å². The molecule has 0 unspecified atom stereocenters. The number of hydrogen-bond acceptors (Lipinski definition) is 6. The first-order valence-electron chi connectivity index (χ1n) is 8.17. The summed E-state index contributed by atoms with van der Waals surface area (Å²) in [4.78, 5) is 23.6. The molecule has 1 heterocycles. The molecule has 0 spiro atoms. The predicted octanol–water partition coefficient (Wildman–Crippen LogP) is 3.32. The lowest BCUT2D eigenvalue weighted by atomic mass is 10.1. The highest BCUT2D eigenvalue weighted by atomic mass is 16.5. The molecule has 1 N–H and O–H groups in total. The lowest BCUT2D eigenvalue weighted by Crippen LogP contribution is -2.14. The Morgan fingerprint density at radius 1 is 1.07 bits per heavy atom. The Bertz CT molecular complexity index is 947. The van der Waals surface area contributed by atoms with E-state index in [1.165, 1.54) is 7.11 Å². The molecule has 0 fully saturated rings. The van der Waals surface area contributed by atoms with Crippen LogP contribution in [0.4, 0.5) is 5.69 Å². The summed E-state index contributed by atoms with van der Waals surface area (Å²) >= 11 is 0. The van der Waals surface area contributed by atoms with Crippen LogP contribution in [0.3, 0.4) is 0 Å². The molecule has 0 radical (unpaired) electrons. The first-order valence-corrected chi connectivity index (χ1v) is 8.17. The monoisotopic (exact) mass is 366 g/mol. The van der Waals surface area contributed by atoms with Gasteiger partial charge in [-0.25, -0.2) is 4.79 Å². The summed E-state index contributed by atoms with van der Waals surface area (Å²) in [5.41, 5.74) is 2.31. The van der Waals surface area contributed by atoms with Gasteiger partial charge in [0.2, 0.25) is 5.91 Å². The number of carbonyl (C=O) groups excluding carboxylic acids is 2. The highest BCUT2D eigenvalue weighted by molar-refractivity contribution is 5.93. The van der Waals surface area contributed by atoms with Crippen molar-refractivity contribution < 1.29 is 23.6 Å². The topological polar surface area (TPSA) is 90.7 Å². The fraction of sp³-hybridized carbons (Fsp3) is 0.150. The third-order valence-electron chi connectivity index (χ3n) is 3.84. The zero-order chi connectivity index (χ0) is 19.2. The molecular weight excluding hydrogens is 348 g/mol. The molecule has 27 heavy (non-hydrogen) atoms. The van der Waals surface area contributed by atoms with Gasteiger partial charge in [0.1, 0.15) is 5.75 Å². The van der Waals surface area contributed by atoms with Crippen LogP contribution in [0.25, 0.3) is 11.3 Å². The minimum atomic E-state index is -0.430. The fourth-order valence-corrected chi connectivity index (χ4v) is 2.48. The van der Waals surface area contributed by atoms with Crippen LogP contribution in [-0.4, -0.2) is 31.3 Å². The van der Waals surface area contributed by atoms with Crippen LogP contribution in [0.15, 0.2) is 59.1 Å². The van der Waals surface area contributed by atoms with Gasteiger partial charge in [-0.1, -0.05) is 17.3 Å². The van der Waals surface area contributed by atoms with Crippen molar-refractivity contribution in [1.29, 1.82) is 0 Å². The number of nitrogens with one attached hydrogen (secondary N) is 1. The SMILES string of the molecule is COC(=O)c1ccc(NC(=O)Cc2cc(-c3cccc(OC)c3)on2)cc1. The minimum Gasteiger partial charge on any atom is -0.497 e. The van der Waals surface area contributed by atoms with Crippen LogP contribution in [0, 0.1) is 0 Å². The molecule has 0 bridgehead atoms. The van der Waals surface area contributed by atoms with E-state index in [0.29, 0.717) is 28.5 Å². The van der Waals surface area contributed by atoms with E-state index in [-0.39, 0.29) is 12.3 Å². The van der Waals surface area contributed by atoms with Crippen molar-refractivity contribution in [2.24, 2.45) is 0 Å². The number of methoxy groups -OCH3 is 2. The average Bonchev–Trinajstić information content (AvgIpc) is 3.16. The summed E-state index contributed by atoms with van der Waals surface area (Å²) in [6, 6.07) is 15.5. The van der Waals surface area contributed by atoms with Gasteiger partial charge in [-0.3, -0.25) is 4.79 Å². The Morgan fingerprint density at radius 2 is 1.85 bits per heavy atom. The van der Waals surface area contributed by atoms with Crippen LogP contribution in [0.1, 0.15) is 16.1 Å². The maximum atomic E-state index is 12.2. The molecule has 7 nitrogen and oxygen atoms in total. The second-order valence-corrected chi connectivity index (χ2v) is 5.71. The zero-order valence-corrected chi connectivity index (χ0v) is 14.9. The van der Waals surface area contributed by atoms with Gasteiger partial charge in [-0.15, -0.1) is 0 Å². The third kappa shape index (κ3) is 4.52. The van der Waals surface area contributed by atoms with E-state index < -0.39 is 5.97 Å². The number of hydrogen-bond donors (Lipinski definition) is 1. The number of aromatic nitrogens is 1. The van der Waals surface area contributed by atoms with Gasteiger partial charge in [0.25, 0.3) is 0 Å². The first kappa shape index (κ1) is 18.2. The second kappa shape index (κ2) is 8.18. The van der Waals surface area contributed by atoms with E-state index in [2.05, 4.69) is 15.2 Å². The van der Waals surface area contributed by atoms with Gasteiger partial charge >= 0.3 is 5.97 Å². The van der Waals surface area contributed by atoms with Gasteiger partial charge in [0.15, 0.2) is 5.76 Å². The van der Waals surface area contributed by atoms with Gasteiger partial charge in [-0.05, 0) is 36.4 Å². The predicted molar refractivity (Wildman–Crippen MR) is 98.6 cm³/mol. The fourth-order valence-electron chi connectivity index (χ4n) is 2.48. The molecule has 0 saturated heterocycles. The molecule has 0 saturated carbocycles. The maximum absolute atomic E-state index is 12.2. The summed E-state index contributed by atoms with van der Waals surface area (Å²) < 4.78 is 15.1. The molecular formula is C20H18N2O5. The molecule has 3 aromatic rings. The normalized spacial score (nSPS) is 10.3. The van der Waals surface area contributed by atoms with E-state index in [0.717, 1.165) is 5.56 Å². The molecule has 2 aromatic carbocycles. The van der Waals surface area contributed by atoms with E-state index in [4.69, 9.17) is 9.26 Å². The highest BCUT2D eigenvalue weighted by Crippen LogP contribution is 2.24. The third-order valence-corrected chi connectivity index (χ3v) is 3.84. The maximum Gasteiger partial charge on any atom is 0.337 e. The van der Waals surface area contributed by atoms with Crippen LogP contribution >= 0.6 is 0 Å². The number of benzene rings is 2. The summed E-state index contributed by atoms with van der Waals surface area (Å²) in [6.07, 6.45) is 0.0617. The van der Waals surface area contributed by atoms with Crippen molar-refractivity contribution in [1.82, 2.24) is 5.16 Å². The summed E-state index contributed by atoms with van der Waals surface area (Å²) in [6.45, 7) is 0. The number of esters is 1. The molecule has 3 rings (SSSR count). The molecule has 7 heteroatoms. The minimum absolute atomic E-state index is 0.0617. The first-order chi connectivity index (χ1) is 13.1. The number of rotatable bonds is 6. The van der Waals surface area contributed by atoms with E-state index in [1.54, 1.807) is 37.4 Å². The Kier molecular flexibility index (Phi) is 5.51. The standard InChI is InChI=1S/C20H18N2O5/c1-25-17-5-3-4-14(10-17)18-11-16(22-27-18)12-19(23)21-15-8-6-13(7-9-15)20(24)26-2/h3-11H,12H2,1-2H3,(H,21,23). The summed E-state index contributed by atoms with van der Waals surface area (Å²) in [5, 5.41) is 6.69. The Balaban J connectivity index is 1.63. The van der Waals surface area contributed by atoms with E-state index in [1.807, 2.05) is 24.3 Å². The van der Waals surface area contributed by atoms with Crippen LogP contribution in [-0.2, 0) is 16.0 Å². The van der Waals surface area contributed by atoms with E-state index >= 15 is 0 Å². The number of carbonyl (C=O) groups is 2. The lowest BCUT2D eigenvalue weighted by Gasteiger charge is -2.05. The number of ether oxygens (including phenoxy) is 2. The van der Waals surface area contributed by atoms with Crippen molar-refractivity contribution in [3.05, 3.63) is 65.9 Å². The quantitative estimate of drug-likeness (QED) is 0.673. The molecule has 0 atom stereocenters. The van der Waals surface area contributed by atoms with Gasteiger partial charge in [0.05, 0.1) is 31.9 Å². The molecule has 0 aliphatic carbocycles. The van der Waals surface area contributed by atoms with Crippen LogP contribution in [0.5, 0.6) is 5.75 Å². The largest absolute Gasteiger partial charge is 0.497 e. The van der Waals surface area contributed by atoms with E-state index in [9.17, 15) is 9.59 Å². The highest BCUT2D eigenvalue weighted by Gasteiger charge is 2.12. The van der Waals surface area contributed by atoms with Crippen LogP contribution in [0.2, 0.25) is 0 Å². The summed E-state index contributed by atoms with van der Waals surface area (Å²) in [7, 11) is 2.91. The molecule has 1 amide bonds. The average molecular weight is 366 g/mol. The van der Waals surface area contributed by atoms with Gasteiger partial charge < -0.3 is 19.3 Å². The molecule has 1 aromatic heterocycles. The number of nitrogens with zero attached hydrogens (tertiary/aromatic N) is 1. The van der Waals surface area contributed by atoms with Crippen molar-refractivity contribution >= 4 is 17.6 Å². The van der Waals surface area contributed by atoms with Crippen molar-refractivity contribution in [3.63, 3.8) is 0 Å². The lowest BCUT2D eigenvalue weighted by molar-refractivity contribution is -0.115. The molecule has 138 valence electrons. The van der Waals surface area contributed by atoms with Gasteiger partial charge in [0, 0.05) is 17.3 Å². The Hall–Kier alpha value is -3.61.